The molecule has 1 aromatic heterocycles. The molecule has 5 rings (SSSR count). The first-order valence-corrected chi connectivity index (χ1v) is 9.11. The number of hydrogen-bond donors (Lipinski definition) is 0. The highest BCUT2D eigenvalue weighted by atomic mass is 16.6. The highest BCUT2D eigenvalue weighted by Gasteiger charge is 2.63. The number of hydrogen-bond acceptors (Lipinski definition) is 5. The third-order valence-electron chi connectivity index (χ3n) is 5.91. The van der Waals surface area contributed by atoms with E-state index in [0.717, 1.165) is 12.8 Å². The molecule has 8 heteroatoms. The van der Waals surface area contributed by atoms with Crippen LogP contribution in [0.5, 0.6) is 0 Å². The molecule has 3 amide bonds. The first kappa shape index (κ1) is 15.7. The number of rotatable bonds is 2. The van der Waals surface area contributed by atoms with E-state index in [1.54, 1.807) is 33.8 Å². The summed E-state index contributed by atoms with van der Waals surface area (Å²) in [5.41, 5.74) is -0.681. The van der Waals surface area contributed by atoms with Crippen LogP contribution >= 0.6 is 0 Å². The third kappa shape index (κ3) is 2.24. The van der Waals surface area contributed by atoms with Crippen molar-refractivity contribution in [3.05, 3.63) is 23.7 Å². The van der Waals surface area contributed by atoms with Crippen LogP contribution in [-0.2, 0) is 9.53 Å². The Morgan fingerprint density at radius 2 is 1.92 bits per heavy atom. The van der Waals surface area contributed by atoms with Crippen LogP contribution in [0.25, 0.3) is 0 Å². The van der Waals surface area contributed by atoms with Crippen molar-refractivity contribution >= 4 is 17.9 Å². The fourth-order valence-electron chi connectivity index (χ4n) is 4.26. The zero-order chi connectivity index (χ0) is 18.1. The fraction of sp³-hybridized carbons (Fsp3) is 0.611. The van der Waals surface area contributed by atoms with Gasteiger partial charge in [0.1, 0.15) is 5.76 Å². The lowest BCUT2D eigenvalue weighted by molar-refractivity contribution is -0.156. The minimum atomic E-state index is -0.681. The largest absolute Gasteiger partial charge is 0.456 e. The zero-order valence-electron chi connectivity index (χ0n) is 14.6. The second kappa shape index (κ2) is 5.25. The van der Waals surface area contributed by atoms with Gasteiger partial charge >= 0.3 is 6.09 Å². The minimum absolute atomic E-state index is 0.159. The van der Waals surface area contributed by atoms with E-state index in [0.29, 0.717) is 44.2 Å². The Kier molecular flexibility index (Phi) is 3.17. The van der Waals surface area contributed by atoms with E-state index in [1.165, 1.54) is 0 Å². The molecule has 1 aliphatic carbocycles. The topological polar surface area (TPSA) is 83.3 Å². The Labute approximate surface area is 150 Å². The van der Waals surface area contributed by atoms with Crippen LogP contribution in [0.2, 0.25) is 0 Å². The van der Waals surface area contributed by atoms with Crippen molar-refractivity contribution in [1.29, 1.82) is 0 Å². The highest BCUT2D eigenvalue weighted by molar-refractivity contribution is 5.92. The maximum absolute atomic E-state index is 12.7. The summed E-state index contributed by atoms with van der Waals surface area (Å²) in [6, 6.07) is 3.22. The number of carbonyl (C=O) groups is 3. The van der Waals surface area contributed by atoms with E-state index in [4.69, 9.17) is 9.15 Å². The van der Waals surface area contributed by atoms with Gasteiger partial charge in [0.25, 0.3) is 5.91 Å². The lowest BCUT2D eigenvalue weighted by Crippen LogP contribution is -2.72. The summed E-state index contributed by atoms with van der Waals surface area (Å²) in [6.07, 6.45) is 1.58. The minimum Gasteiger partial charge on any atom is -0.456 e. The summed E-state index contributed by atoms with van der Waals surface area (Å²) in [5, 5.41) is 0. The summed E-state index contributed by atoms with van der Waals surface area (Å²) in [5.74, 6) is 1.16. The van der Waals surface area contributed by atoms with Crippen molar-refractivity contribution < 1.29 is 23.5 Å². The first-order valence-electron chi connectivity index (χ1n) is 9.11. The molecule has 0 aromatic carbocycles. The van der Waals surface area contributed by atoms with Crippen LogP contribution in [0.3, 0.4) is 0 Å². The summed E-state index contributed by atoms with van der Waals surface area (Å²) in [4.78, 5) is 42.4. The van der Waals surface area contributed by atoms with Gasteiger partial charge < -0.3 is 19.0 Å². The first-order chi connectivity index (χ1) is 12.5. The molecule has 4 aliphatic rings. The number of piperazine rings is 1. The molecule has 1 unspecified atom stereocenters. The molecule has 0 N–H and O–H groups in total. The van der Waals surface area contributed by atoms with Crippen molar-refractivity contribution in [2.24, 2.45) is 5.92 Å². The number of furan rings is 1. The van der Waals surface area contributed by atoms with Crippen molar-refractivity contribution in [2.75, 3.05) is 32.7 Å². The van der Waals surface area contributed by atoms with E-state index in [2.05, 4.69) is 0 Å². The maximum Gasteiger partial charge on any atom is 0.411 e. The smallest absolute Gasteiger partial charge is 0.411 e. The molecule has 3 saturated heterocycles. The normalized spacial score (nSPS) is 26.6. The number of fused-ring (bicyclic) bond motifs is 2. The van der Waals surface area contributed by atoms with Crippen LogP contribution in [0.15, 0.2) is 16.5 Å². The van der Waals surface area contributed by atoms with Gasteiger partial charge in [-0.2, -0.15) is 0 Å². The van der Waals surface area contributed by atoms with E-state index >= 15 is 0 Å². The third-order valence-corrected chi connectivity index (χ3v) is 5.91. The Hall–Kier alpha value is -2.51. The van der Waals surface area contributed by atoms with Crippen molar-refractivity contribution in [3.8, 4) is 0 Å². The van der Waals surface area contributed by atoms with Gasteiger partial charge in [0, 0.05) is 25.6 Å². The molecule has 4 heterocycles. The molecule has 138 valence electrons. The van der Waals surface area contributed by atoms with E-state index in [9.17, 15) is 14.4 Å². The van der Waals surface area contributed by atoms with Crippen LogP contribution in [0.4, 0.5) is 4.79 Å². The van der Waals surface area contributed by atoms with E-state index < -0.39 is 5.60 Å². The van der Waals surface area contributed by atoms with Gasteiger partial charge in [-0.25, -0.2) is 4.79 Å². The van der Waals surface area contributed by atoms with Crippen LogP contribution in [-0.4, -0.2) is 77.0 Å². The number of aryl methyl sites for hydroxylation is 1. The van der Waals surface area contributed by atoms with Crippen molar-refractivity contribution in [3.63, 3.8) is 0 Å². The van der Waals surface area contributed by atoms with Crippen molar-refractivity contribution in [2.45, 2.75) is 31.4 Å². The SMILES string of the molecule is Cc1ccc(C(=O)N2CCN3C(=O)OC4(CN(C(=O)C5CC5)C4)C3C2)o1. The summed E-state index contributed by atoms with van der Waals surface area (Å²) in [6.45, 7) is 3.94. The second-order valence-corrected chi connectivity index (χ2v) is 7.77. The number of nitrogens with zero attached hydrogens (tertiary/aromatic N) is 3. The van der Waals surface area contributed by atoms with Crippen LogP contribution < -0.4 is 0 Å². The molecule has 3 aliphatic heterocycles. The molecule has 0 bridgehead atoms. The standard InChI is InChI=1S/C18H21N3O5/c1-11-2-5-13(25-11)16(23)19-6-7-21-14(8-19)18(26-17(21)24)9-20(10-18)15(22)12-3-4-12/h2,5,12,14H,3-4,6-10H2,1H3. The molecule has 1 saturated carbocycles. The molecular weight excluding hydrogens is 338 g/mol. The number of likely N-dealkylation sites (tertiary alicyclic amines) is 1. The summed E-state index contributed by atoms with van der Waals surface area (Å²) >= 11 is 0. The number of amides is 3. The molecule has 1 aromatic rings. The average Bonchev–Trinajstić information content (AvgIpc) is 3.30. The van der Waals surface area contributed by atoms with Crippen molar-refractivity contribution in [1.82, 2.24) is 14.7 Å². The average molecular weight is 359 g/mol. The quantitative estimate of drug-likeness (QED) is 0.782. The van der Waals surface area contributed by atoms with Gasteiger partial charge in [0.15, 0.2) is 11.4 Å². The molecule has 26 heavy (non-hydrogen) atoms. The monoisotopic (exact) mass is 359 g/mol. The molecule has 1 spiro atoms. The predicted octanol–water partition coefficient (Wildman–Crippen LogP) is 0.856. The van der Waals surface area contributed by atoms with Gasteiger partial charge in [-0.1, -0.05) is 0 Å². The van der Waals surface area contributed by atoms with E-state index in [-0.39, 0.29) is 29.9 Å². The van der Waals surface area contributed by atoms with Gasteiger partial charge in [-0.05, 0) is 31.9 Å². The molecular formula is C18H21N3O5. The van der Waals surface area contributed by atoms with Gasteiger partial charge in [-0.3, -0.25) is 14.5 Å². The highest BCUT2D eigenvalue weighted by Crippen LogP contribution is 2.42. The Morgan fingerprint density at radius 3 is 2.58 bits per heavy atom. The summed E-state index contributed by atoms with van der Waals surface area (Å²) in [7, 11) is 0. The van der Waals surface area contributed by atoms with Gasteiger partial charge in [-0.15, -0.1) is 0 Å². The number of carbonyl (C=O) groups excluding carboxylic acids is 3. The van der Waals surface area contributed by atoms with E-state index in [1.807, 2.05) is 0 Å². The second-order valence-electron chi connectivity index (χ2n) is 7.77. The van der Waals surface area contributed by atoms with Crippen LogP contribution in [0.1, 0.15) is 29.2 Å². The summed E-state index contributed by atoms with van der Waals surface area (Å²) < 4.78 is 11.1. The molecule has 0 radical (unpaired) electrons. The number of ether oxygens (including phenoxy) is 1. The van der Waals surface area contributed by atoms with Gasteiger partial charge in [0.2, 0.25) is 5.91 Å². The van der Waals surface area contributed by atoms with Gasteiger partial charge in [0.05, 0.1) is 19.1 Å². The lowest BCUT2D eigenvalue weighted by Gasteiger charge is -2.51. The Bertz CT molecular complexity index is 793. The fourth-order valence-corrected chi connectivity index (χ4v) is 4.26. The zero-order valence-corrected chi connectivity index (χ0v) is 14.6. The maximum atomic E-state index is 12.7. The lowest BCUT2D eigenvalue weighted by atomic mass is 9.84. The predicted molar refractivity (Wildman–Crippen MR) is 88.4 cm³/mol. The molecule has 4 fully saturated rings. The van der Waals surface area contributed by atoms with Crippen LogP contribution in [0, 0.1) is 12.8 Å². The molecule has 8 nitrogen and oxygen atoms in total. The molecule has 1 atom stereocenters. The Morgan fingerprint density at radius 1 is 1.15 bits per heavy atom. The Balaban J connectivity index is 1.32.